The van der Waals surface area contributed by atoms with E-state index in [-0.39, 0.29) is 23.3 Å². The summed E-state index contributed by atoms with van der Waals surface area (Å²) < 4.78 is 13.3. The number of aliphatic hydroxyl groups is 1. The molecule has 0 saturated heterocycles. The molecular formula is C13H15FN2O2. The van der Waals surface area contributed by atoms with Crippen molar-refractivity contribution in [3.8, 4) is 0 Å². The fourth-order valence-electron chi connectivity index (χ4n) is 1.89. The molecule has 5 heteroatoms. The van der Waals surface area contributed by atoms with Crippen molar-refractivity contribution in [2.24, 2.45) is 5.92 Å². The number of carbonyl (C=O) groups is 1. The highest BCUT2D eigenvalue weighted by Gasteiger charge is 2.20. The molecule has 0 bridgehead atoms. The van der Waals surface area contributed by atoms with Crippen LogP contribution in [-0.4, -0.2) is 11.0 Å². The summed E-state index contributed by atoms with van der Waals surface area (Å²) in [5.41, 5.74) is 5.20. The van der Waals surface area contributed by atoms with Crippen LogP contribution in [0.1, 0.15) is 19.3 Å². The summed E-state index contributed by atoms with van der Waals surface area (Å²) in [7, 11) is 0. The molecule has 1 aliphatic carbocycles. The molecule has 0 spiro atoms. The summed E-state index contributed by atoms with van der Waals surface area (Å²) >= 11 is 0. The molecule has 0 aromatic heterocycles. The van der Waals surface area contributed by atoms with Crippen LogP contribution in [0.25, 0.3) is 0 Å². The minimum atomic E-state index is -0.431. The molecule has 3 N–H and O–H groups in total. The first kappa shape index (κ1) is 12.4. The second kappa shape index (κ2) is 5.53. The van der Waals surface area contributed by atoms with Crippen molar-refractivity contribution in [1.29, 1.82) is 0 Å². The standard InChI is InChI=1S/C13H15FN2O2/c14-11-6-1-2-7-12(11)15-16-13(18)9-4-3-5-10(17)8-9/h1-2,6-9,15,17H,3-5H2,(H,16,18). The van der Waals surface area contributed by atoms with Gasteiger partial charge < -0.3 is 5.11 Å². The number of carbonyl (C=O) groups excluding carboxylic acids is 1. The number of hydrogen-bond acceptors (Lipinski definition) is 3. The quantitative estimate of drug-likeness (QED) is 0.722. The molecule has 1 aliphatic rings. The number of amides is 1. The lowest BCUT2D eigenvalue weighted by Gasteiger charge is -2.18. The van der Waals surface area contributed by atoms with Crippen LogP contribution in [0.2, 0.25) is 0 Å². The van der Waals surface area contributed by atoms with Crippen molar-refractivity contribution in [3.05, 3.63) is 41.9 Å². The molecule has 1 aromatic carbocycles. The molecule has 1 amide bonds. The van der Waals surface area contributed by atoms with Gasteiger partial charge in [-0.15, -0.1) is 0 Å². The number of allylic oxidation sites excluding steroid dienone is 1. The maximum Gasteiger partial charge on any atom is 0.245 e. The van der Waals surface area contributed by atoms with E-state index in [4.69, 9.17) is 0 Å². The molecule has 1 atom stereocenters. The third kappa shape index (κ3) is 3.00. The molecule has 0 radical (unpaired) electrons. The average molecular weight is 250 g/mol. The summed E-state index contributed by atoms with van der Waals surface area (Å²) in [4.78, 5) is 11.8. The molecule has 4 nitrogen and oxygen atoms in total. The Morgan fingerprint density at radius 1 is 1.39 bits per heavy atom. The third-order valence-electron chi connectivity index (χ3n) is 2.87. The van der Waals surface area contributed by atoms with Crippen molar-refractivity contribution in [1.82, 2.24) is 5.43 Å². The van der Waals surface area contributed by atoms with E-state index in [1.54, 1.807) is 18.2 Å². The summed E-state index contributed by atoms with van der Waals surface area (Å²) in [6.07, 6.45) is 3.63. The fourth-order valence-corrected chi connectivity index (χ4v) is 1.89. The third-order valence-corrected chi connectivity index (χ3v) is 2.87. The molecule has 96 valence electrons. The normalized spacial score (nSPS) is 18.9. The van der Waals surface area contributed by atoms with Gasteiger partial charge in [0, 0.05) is 6.42 Å². The Morgan fingerprint density at radius 3 is 2.89 bits per heavy atom. The topological polar surface area (TPSA) is 61.4 Å². The zero-order valence-electron chi connectivity index (χ0n) is 9.82. The maximum absolute atomic E-state index is 13.3. The van der Waals surface area contributed by atoms with Gasteiger partial charge in [0.15, 0.2) is 0 Å². The van der Waals surface area contributed by atoms with Crippen LogP contribution in [0.3, 0.4) is 0 Å². The highest BCUT2D eigenvalue weighted by Crippen LogP contribution is 2.21. The van der Waals surface area contributed by atoms with Crippen molar-refractivity contribution in [2.75, 3.05) is 5.43 Å². The van der Waals surface area contributed by atoms with E-state index in [9.17, 15) is 14.3 Å². The SMILES string of the molecule is O=C(NNc1ccccc1F)C1C=C(O)CCC1. The number of benzene rings is 1. The average Bonchev–Trinajstić information content (AvgIpc) is 2.37. The molecule has 0 saturated carbocycles. The number of anilines is 1. The van der Waals surface area contributed by atoms with Gasteiger partial charge in [0.1, 0.15) is 5.82 Å². The van der Waals surface area contributed by atoms with E-state index in [0.717, 1.165) is 6.42 Å². The zero-order valence-corrected chi connectivity index (χ0v) is 9.82. The molecule has 0 fully saturated rings. The Balaban J connectivity index is 1.93. The van der Waals surface area contributed by atoms with Crippen molar-refractivity contribution in [3.63, 3.8) is 0 Å². The van der Waals surface area contributed by atoms with E-state index in [0.29, 0.717) is 12.8 Å². The fraction of sp³-hybridized carbons (Fsp3) is 0.308. The smallest absolute Gasteiger partial charge is 0.245 e. The van der Waals surface area contributed by atoms with Gasteiger partial charge in [-0.1, -0.05) is 12.1 Å². The van der Waals surface area contributed by atoms with Gasteiger partial charge in [-0.3, -0.25) is 15.6 Å². The number of rotatable bonds is 3. The van der Waals surface area contributed by atoms with Crippen LogP contribution < -0.4 is 10.9 Å². The van der Waals surface area contributed by atoms with Crippen LogP contribution in [0.5, 0.6) is 0 Å². The van der Waals surface area contributed by atoms with Gasteiger partial charge in [-0.25, -0.2) is 4.39 Å². The van der Waals surface area contributed by atoms with Crippen LogP contribution in [0, 0.1) is 11.7 Å². The van der Waals surface area contributed by atoms with E-state index in [1.807, 2.05) is 0 Å². The molecule has 1 aromatic rings. The largest absolute Gasteiger partial charge is 0.513 e. The van der Waals surface area contributed by atoms with E-state index < -0.39 is 5.82 Å². The van der Waals surface area contributed by atoms with E-state index >= 15 is 0 Å². The Bertz CT molecular complexity index is 474. The van der Waals surface area contributed by atoms with Gasteiger partial charge in [0.25, 0.3) is 0 Å². The van der Waals surface area contributed by atoms with Gasteiger partial charge in [-0.05, 0) is 31.1 Å². The number of aliphatic hydroxyl groups excluding tert-OH is 1. The summed E-state index contributed by atoms with van der Waals surface area (Å²) in [5.74, 6) is -0.824. The second-order valence-electron chi connectivity index (χ2n) is 4.25. The Kier molecular flexibility index (Phi) is 3.82. The molecule has 0 heterocycles. The minimum absolute atomic E-state index is 0.217. The lowest BCUT2D eigenvalue weighted by atomic mass is 9.94. The first-order valence-electron chi connectivity index (χ1n) is 5.87. The minimum Gasteiger partial charge on any atom is -0.513 e. The molecule has 2 rings (SSSR count). The highest BCUT2D eigenvalue weighted by atomic mass is 19.1. The number of hydrazine groups is 1. The first-order chi connectivity index (χ1) is 8.66. The Hall–Kier alpha value is -2.04. The Morgan fingerprint density at radius 2 is 2.17 bits per heavy atom. The lowest BCUT2D eigenvalue weighted by Crippen LogP contribution is -2.35. The molecular weight excluding hydrogens is 235 g/mol. The number of nitrogens with one attached hydrogen (secondary N) is 2. The van der Waals surface area contributed by atoms with E-state index in [1.165, 1.54) is 12.1 Å². The van der Waals surface area contributed by atoms with Crippen molar-refractivity contribution < 1.29 is 14.3 Å². The van der Waals surface area contributed by atoms with Crippen LogP contribution in [0.4, 0.5) is 10.1 Å². The van der Waals surface area contributed by atoms with Crippen LogP contribution in [-0.2, 0) is 4.79 Å². The number of hydrogen-bond donors (Lipinski definition) is 3. The molecule has 1 unspecified atom stereocenters. The van der Waals surface area contributed by atoms with Gasteiger partial charge in [-0.2, -0.15) is 0 Å². The van der Waals surface area contributed by atoms with Gasteiger partial charge >= 0.3 is 0 Å². The first-order valence-corrected chi connectivity index (χ1v) is 5.87. The summed E-state index contributed by atoms with van der Waals surface area (Å²) in [6, 6.07) is 6.08. The number of para-hydroxylation sites is 1. The number of halogens is 1. The predicted molar refractivity (Wildman–Crippen MR) is 66.2 cm³/mol. The lowest BCUT2D eigenvalue weighted by molar-refractivity contribution is -0.123. The van der Waals surface area contributed by atoms with Crippen molar-refractivity contribution in [2.45, 2.75) is 19.3 Å². The molecule has 0 aliphatic heterocycles. The zero-order chi connectivity index (χ0) is 13.0. The van der Waals surface area contributed by atoms with Crippen LogP contribution >= 0.6 is 0 Å². The predicted octanol–water partition coefficient (Wildman–Crippen LogP) is 2.51. The summed E-state index contributed by atoms with van der Waals surface area (Å²) in [6.45, 7) is 0. The van der Waals surface area contributed by atoms with Gasteiger partial charge in [0.2, 0.25) is 5.91 Å². The molecule has 18 heavy (non-hydrogen) atoms. The van der Waals surface area contributed by atoms with Crippen molar-refractivity contribution >= 4 is 11.6 Å². The maximum atomic E-state index is 13.3. The van der Waals surface area contributed by atoms with E-state index in [2.05, 4.69) is 10.9 Å². The Labute approximate surface area is 104 Å². The summed E-state index contributed by atoms with van der Waals surface area (Å²) in [5, 5.41) is 9.36. The monoisotopic (exact) mass is 250 g/mol. The highest BCUT2D eigenvalue weighted by molar-refractivity contribution is 5.81. The van der Waals surface area contributed by atoms with Crippen LogP contribution in [0.15, 0.2) is 36.1 Å². The van der Waals surface area contributed by atoms with Gasteiger partial charge in [0.05, 0.1) is 17.4 Å². The second-order valence-corrected chi connectivity index (χ2v) is 4.25.